The fourth-order valence-corrected chi connectivity index (χ4v) is 5.68. The van der Waals surface area contributed by atoms with Crippen molar-refractivity contribution in [2.24, 2.45) is 29.6 Å². The van der Waals surface area contributed by atoms with E-state index in [1.54, 1.807) is 0 Å². The summed E-state index contributed by atoms with van der Waals surface area (Å²) < 4.78 is 37.0. The summed E-state index contributed by atoms with van der Waals surface area (Å²) in [6.07, 6.45) is 3.13. The SMILES string of the molecule is CNC(CCCC(F)(F)F)C1C2CC3CC(C2)CC1C3. The number of hydrogen-bond acceptors (Lipinski definition) is 1. The third-order valence-electron chi connectivity index (χ3n) is 6.11. The van der Waals surface area contributed by atoms with Crippen LogP contribution in [-0.2, 0) is 0 Å². The van der Waals surface area contributed by atoms with E-state index in [9.17, 15) is 13.2 Å². The van der Waals surface area contributed by atoms with Gasteiger partial charge in [-0.2, -0.15) is 13.2 Å². The van der Waals surface area contributed by atoms with Gasteiger partial charge in [-0.1, -0.05) is 0 Å². The summed E-state index contributed by atoms with van der Waals surface area (Å²) in [5.74, 6) is 4.08. The molecule has 4 saturated carbocycles. The van der Waals surface area contributed by atoms with Gasteiger partial charge < -0.3 is 5.32 Å². The zero-order chi connectivity index (χ0) is 14.3. The van der Waals surface area contributed by atoms with Crippen LogP contribution in [0.5, 0.6) is 0 Å². The first kappa shape index (κ1) is 14.7. The van der Waals surface area contributed by atoms with Crippen molar-refractivity contribution in [3.05, 3.63) is 0 Å². The molecule has 116 valence electrons. The average Bonchev–Trinajstić information content (AvgIpc) is 2.34. The summed E-state index contributed by atoms with van der Waals surface area (Å²) in [6, 6.07) is 0.298. The summed E-state index contributed by atoms with van der Waals surface area (Å²) in [5, 5.41) is 3.35. The van der Waals surface area contributed by atoms with E-state index in [0.717, 1.165) is 23.7 Å². The molecule has 20 heavy (non-hydrogen) atoms. The van der Waals surface area contributed by atoms with Crippen LogP contribution < -0.4 is 5.32 Å². The van der Waals surface area contributed by atoms with Crippen molar-refractivity contribution >= 4 is 0 Å². The molecule has 4 bridgehead atoms. The van der Waals surface area contributed by atoms with Crippen molar-refractivity contribution in [2.75, 3.05) is 7.05 Å². The standard InChI is InChI=1S/C16H26F3N/c1-20-14(3-2-4-16(17,18)19)15-12-6-10-5-11(8-12)9-13(15)7-10/h10-15,20H,2-9H2,1H3. The van der Waals surface area contributed by atoms with E-state index in [4.69, 9.17) is 0 Å². The summed E-state index contributed by atoms with van der Waals surface area (Å²) in [5.41, 5.74) is 0. The summed E-state index contributed by atoms with van der Waals surface area (Å²) in [4.78, 5) is 0. The van der Waals surface area contributed by atoms with Crippen LogP contribution in [0.1, 0.15) is 51.4 Å². The Balaban J connectivity index is 1.58. The number of alkyl halides is 3. The zero-order valence-electron chi connectivity index (χ0n) is 12.3. The van der Waals surface area contributed by atoms with Gasteiger partial charge in [0.1, 0.15) is 0 Å². The molecule has 1 atom stereocenters. The highest BCUT2D eigenvalue weighted by Gasteiger charge is 2.50. The first-order valence-electron chi connectivity index (χ1n) is 8.20. The Morgan fingerprint density at radius 3 is 2.00 bits per heavy atom. The molecule has 4 heteroatoms. The third-order valence-corrected chi connectivity index (χ3v) is 6.11. The third kappa shape index (κ3) is 3.00. The summed E-state index contributed by atoms with van der Waals surface area (Å²) in [7, 11) is 1.93. The van der Waals surface area contributed by atoms with Gasteiger partial charge in [0.05, 0.1) is 0 Å². The van der Waals surface area contributed by atoms with Crippen LogP contribution in [0.3, 0.4) is 0 Å². The van der Waals surface area contributed by atoms with Gasteiger partial charge in [0, 0.05) is 12.5 Å². The predicted molar refractivity (Wildman–Crippen MR) is 73.3 cm³/mol. The first-order valence-corrected chi connectivity index (χ1v) is 8.20. The van der Waals surface area contributed by atoms with Crippen molar-refractivity contribution < 1.29 is 13.2 Å². The second kappa shape index (κ2) is 5.51. The molecule has 0 saturated heterocycles. The van der Waals surface area contributed by atoms with E-state index < -0.39 is 12.6 Å². The molecule has 0 aromatic carbocycles. The van der Waals surface area contributed by atoms with Gasteiger partial charge in [0.2, 0.25) is 0 Å². The topological polar surface area (TPSA) is 12.0 Å². The van der Waals surface area contributed by atoms with Crippen molar-refractivity contribution in [1.82, 2.24) is 5.32 Å². The highest BCUT2D eigenvalue weighted by Crippen LogP contribution is 2.57. The Morgan fingerprint density at radius 1 is 1.00 bits per heavy atom. The first-order chi connectivity index (χ1) is 9.46. The molecule has 0 amide bonds. The minimum atomic E-state index is -4.00. The monoisotopic (exact) mass is 289 g/mol. The van der Waals surface area contributed by atoms with Crippen LogP contribution in [0.2, 0.25) is 0 Å². The lowest BCUT2D eigenvalue weighted by Gasteiger charge is -2.56. The van der Waals surface area contributed by atoms with E-state index in [0.29, 0.717) is 18.4 Å². The number of rotatable bonds is 5. The number of hydrogen-bond donors (Lipinski definition) is 1. The number of halogens is 3. The van der Waals surface area contributed by atoms with E-state index >= 15 is 0 Å². The average molecular weight is 289 g/mol. The van der Waals surface area contributed by atoms with Crippen LogP contribution in [0, 0.1) is 29.6 Å². The molecule has 1 N–H and O–H groups in total. The maximum Gasteiger partial charge on any atom is 0.389 e. The van der Waals surface area contributed by atoms with Crippen LogP contribution >= 0.6 is 0 Å². The van der Waals surface area contributed by atoms with Crippen molar-refractivity contribution in [2.45, 2.75) is 63.6 Å². The molecule has 4 rings (SSSR count). The van der Waals surface area contributed by atoms with Crippen LogP contribution in [0.15, 0.2) is 0 Å². The largest absolute Gasteiger partial charge is 0.389 e. The lowest BCUT2D eigenvalue weighted by Crippen LogP contribution is -2.52. The molecule has 4 fully saturated rings. The smallest absolute Gasteiger partial charge is 0.317 e. The maximum atomic E-state index is 12.3. The van der Waals surface area contributed by atoms with E-state index in [1.807, 2.05) is 7.05 Å². The normalized spacial score (nSPS) is 41.1. The Hall–Kier alpha value is -0.250. The maximum absolute atomic E-state index is 12.3. The molecule has 0 aliphatic heterocycles. The minimum Gasteiger partial charge on any atom is -0.317 e. The second-order valence-electron chi connectivity index (χ2n) is 7.41. The van der Waals surface area contributed by atoms with Gasteiger partial charge in [-0.3, -0.25) is 0 Å². The second-order valence-corrected chi connectivity index (χ2v) is 7.41. The van der Waals surface area contributed by atoms with Crippen LogP contribution in [0.25, 0.3) is 0 Å². The molecule has 4 aliphatic carbocycles. The van der Waals surface area contributed by atoms with Crippen molar-refractivity contribution in [3.8, 4) is 0 Å². The molecule has 0 aromatic rings. The fourth-order valence-electron chi connectivity index (χ4n) is 5.68. The lowest BCUT2D eigenvalue weighted by molar-refractivity contribution is -0.136. The van der Waals surface area contributed by atoms with Gasteiger partial charge in [0.15, 0.2) is 0 Å². The molecule has 0 heterocycles. The quantitative estimate of drug-likeness (QED) is 0.792. The zero-order valence-corrected chi connectivity index (χ0v) is 12.3. The van der Waals surface area contributed by atoms with Gasteiger partial charge in [-0.25, -0.2) is 0 Å². The summed E-state index contributed by atoms with van der Waals surface area (Å²) >= 11 is 0. The lowest BCUT2D eigenvalue weighted by atomic mass is 9.50. The van der Waals surface area contributed by atoms with Gasteiger partial charge in [-0.05, 0) is 81.6 Å². The highest BCUT2D eigenvalue weighted by molar-refractivity contribution is 5.01. The molecule has 0 spiro atoms. The minimum absolute atomic E-state index is 0.276. The van der Waals surface area contributed by atoms with Gasteiger partial charge in [-0.15, -0.1) is 0 Å². The number of nitrogens with one attached hydrogen (secondary N) is 1. The van der Waals surface area contributed by atoms with Crippen LogP contribution in [-0.4, -0.2) is 19.3 Å². The van der Waals surface area contributed by atoms with Crippen molar-refractivity contribution in [1.29, 1.82) is 0 Å². The van der Waals surface area contributed by atoms with Crippen LogP contribution in [0.4, 0.5) is 13.2 Å². The Kier molecular flexibility index (Phi) is 4.04. The van der Waals surface area contributed by atoms with E-state index in [1.165, 1.54) is 32.1 Å². The molecule has 0 aromatic heterocycles. The predicted octanol–water partition coefficient (Wildman–Crippen LogP) is 4.38. The molecule has 1 unspecified atom stereocenters. The van der Waals surface area contributed by atoms with Gasteiger partial charge >= 0.3 is 6.18 Å². The fraction of sp³-hybridized carbons (Fsp3) is 1.00. The molecule has 0 radical (unpaired) electrons. The van der Waals surface area contributed by atoms with E-state index in [-0.39, 0.29) is 6.42 Å². The Morgan fingerprint density at radius 2 is 1.55 bits per heavy atom. The molecular formula is C16H26F3N. The molecule has 1 nitrogen and oxygen atoms in total. The van der Waals surface area contributed by atoms with E-state index in [2.05, 4.69) is 5.32 Å². The van der Waals surface area contributed by atoms with Crippen molar-refractivity contribution in [3.63, 3.8) is 0 Å². The van der Waals surface area contributed by atoms with Gasteiger partial charge in [0.25, 0.3) is 0 Å². The Labute approximate surface area is 119 Å². The summed E-state index contributed by atoms with van der Waals surface area (Å²) in [6.45, 7) is 0. The Bertz CT molecular complexity index is 311. The molecule has 4 aliphatic rings. The highest BCUT2D eigenvalue weighted by atomic mass is 19.4. The molecular weight excluding hydrogens is 263 g/mol.